The second kappa shape index (κ2) is 6.59. The van der Waals surface area contributed by atoms with Gasteiger partial charge in [0.25, 0.3) is 5.91 Å². The summed E-state index contributed by atoms with van der Waals surface area (Å²) in [7, 11) is 0. The van der Waals surface area contributed by atoms with Crippen molar-refractivity contribution in [2.75, 3.05) is 26.2 Å². The molecular weight excluding hydrogens is 344 g/mol. The van der Waals surface area contributed by atoms with Gasteiger partial charge in [0.2, 0.25) is 0 Å². The second-order valence-electron chi connectivity index (χ2n) is 6.47. The van der Waals surface area contributed by atoms with Crippen LogP contribution in [0.3, 0.4) is 0 Å². The van der Waals surface area contributed by atoms with Crippen LogP contribution in [0.5, 0.6) is 5.75 Å². The molecule has 0 aliphatic carbocycles. The zero-order valence-corrected chi connectivity index (χ0v) is 14.6. The summed E-state index contributed by atoms with van der Waals surface area (Å²) in [6.07, 6.45) is 3.02. The van der Waals surface area contributed by atoms with Crippen LogP contribution in [-0.2, 0) is 4.79 Å². The number of nitrogens with zero attached hydrogens (tertiary/aromatic N) is 1. The van der Waals surface area contributed by atoms with Gasteiger partial charge in [-0.1, -0.05) is 22.0 Å². The standard InChI is InChI=1S/C17H23BrN2O2/c1-13(22-15-4-2-3-14(18)11-15)16(21)20-9-6-17(7-10-20)5-8-19-12-17/h2-4,11,13,19H,5-10,12H2,1H3. The number of benzene rings is 1. The molecule has 1 aromatic rings. The van der Waals surface area contributed by atoms with Gasteiger partial charge in [0.1, 0.15) is 5.75 Å². The molecule has 0 aromatic heterocycles. The molecule has 5 heteroatoms. The summed E-state index contributed by atoms with van der Waals surface area (Å²) < 4.78 is 6.75. The Morgan fingerprint density at radius 2 is 2.14 bits per heavy atom. The molecule has 1 amide bonds. The smallest absolute Gasteiger partial charge is 0.263 e. The lowest BCUT2D eigenvalue weighted by Gasteiger charge is -2.39. The Morgan fingerprint density at radius 1 is 1.36 bits per heavy atom. The molecule has 3 rings (SSSR count). The fraction of sp³-hybridized carbons (Fsp3) is 0.588. The Labute approximate surface area is 140 Å². The normalized spacial score (nSPS) is 21.8. The largest absolute Gasteiger partial charge is 0.481 e. The first-order valence-corrected chi connectivity index (χ1v) is 8.79. The Bertz CT molecular complexity index is 533. The van der Waals surface area contributed by atoms with Crippen LogP contribution in [0.2, 0.25) is 0 Å². The van der Waals surface area contributed by atoms with E-state index in [9.17, 15) is 4.79 Å². The van der Waals surface area contributed by atoms with Crippen LogP contribution in [0, 0.1) is 5.41 Å². The Morgan fingerprint density at radius 3 is 2.77 bits per heavy atom. The van der Waals surface area contributed by atoms with Gasteiger partial charge in [-0.05, 0) is 56.3 Å². The highest BCUT2D eigenvalue weighted by Crippen LogP contribution is 2.37. The van der Waals surface area contributed by atoms with E-state index in [2.05, 4.69) is 21.2 Å². The summed E-state index contributed by atoms with van der Waals surface area (Å²) in [4.78, 5) is 14.5. The molecule has 0 saturated carbocycles. The monoisotopic (exact) mass is 366 g/mol. The number of piperidine rings is 1. The number of rotatable bonds is 3. The van der Waals surface area contributed by atoms with Crippen molar-refractivity contribution in [3.8, 4) is 5.75 Å². The molecule has 4 nitrogen and oxygen atoms in total. The zero-order chi connectivity index (χ0) is 15.6. The van der Waals surface area contributed by atoms with Crippen LogP contribution in [0.25, 0.3) is 0 Å². The minimum absolute atomic E-state index is 0.0979. The van der Waals surface area contributed by atoms with Crippen LogP contribution in [0.15, 0.2) is 28.7 Å². The number of carbonyl (C=O) groups is 1. The minimum atomic E-state index is -0.440. The van der Waals surface area contributed by atoms with Crippen LogP contribution in [0.4, 0.5) is 0 Å². The van der Waals surface area contributed by atoms with E-state index >= 15 is 0 Å². The van der Waals surface area contributed by atoms with Gasteiger partial charge in [-0.15, -0.1) is 0 Å². The first-order chi connectivity index (χ1) is 10.6. The van der Waals surface area contributed by atoms with Crippen molar-refractivity contribution in [3.63, 3.8) is 0 Å². The Hall–Kier alpha value is -1.07. The van der Waals surface area contributed by atoms with Gasteiger partial charge >= 0.3 is 0 Å². The molecule has 0 bridgehead atoms. The van der Waals surface area contributed by atoms with Crippen molar-refractivity contribution in [2.45, 2.75) is 32.3 Å². The third-order valence-corrected chi connectivity index (χ3v) is 5.42. The molecular formula is C17H23BrN2O2. The van der Waals surface area contributed by atoms with Gasteiger partial charge in [-0.2, -0.15) is 0 Å². The van der Waals surface area contributed by atoms with E-state index in [1.807, 2.05) is 36.1 Å². The second-order valence-corrected chi connectivity index (χ2v) is 7.39. The quantitative estimate of drug-likeness (QED) is 0.893. The van der Waals surface area contributed by atoms with Crippen molar-refractivity contribution in [1.29, 1.82) is 0 Å². The fourth-order valence-corrected chi connectivity index (χ4v) is 3.85. The van der Waals surface area contributed by atoms with Crippen molar-refractivity contribution in [2.24, 2.45) is 5.41 Å². The molecule has 22 heavy (non-hydrogen) atoms. The van der Waals surface area contributed by atoms with Crippen LogP contribution in [0.1, 0.15) is 26.2 Å². The third kappa shape index (κ3) is 3.46. The number of hydrogen-bond acceptors (Lipinski definition) is 3. The van der Waals surface area contributed by atoms with E-state index < -0.39 is 6.10 Å². The predicted molar refractivity (Wildman–Crippen MR) is 90.0 cm³/mol. The van der Waals surface area contributed by atoms with Crippen LogP contribution >= 0.6 is 15.9 Å². The van der Waals surface area contributed by atoms with Crippen molar-refractivity contribution < 1.29 is 9.53 Å². The summed E-state index contributed by atoms with van der Waals surface area (Å²) in [5.74, 6) is 0.824. The maximum Gasteiger partial charge on any atom is 0.263 e. The molecule has 1 aromatic carbocycles. The predicted octanol–water partition coefficient (Wildman–Crippen LogP) is 2.82. The Kier molecular flexibility index (Phi) is 4.73. The summed E-state index contributed by atoms with van der Waals surface area (Å²) in [5.41, 5.74) is 0.436. The van der Waals surface area contributed by atoms with Crippen molar-refractivity contribution in [3.05, 3.63) is 28.7 Å². The number of hydrogen-bond donors (Lipinski definition) is 1. The maximum atomic E-state index is 12.6. The summed E-state index contributed by atoms with van der Waals surface area (Å²) >= 11 is 3.42. The van der Waals surface area contributed by atoms with Gasteiger partial charge in [0.15, 0.2) is 6.10 Å². The topological polar surface area (TPSA) is 41.6 Å². The average Bonchev–Trinajstić information content (AvgIpc) is 2.95. The number of halogens is 1. The van der Waals surface area contributed by atoms with E-state index in [0.717, 1.165) is 49.2 Å². The molecule has 120 valence electrons. The molecule has 2 fully saturated rings. The van der Waals surface area contributed by atoms with Gasteiger partial charge in [0.05, 0.1) is 0 Å². The molecule has 2 aliphatic heterocycles. The highest BCUT2D eigenvalue weighted by Gasteiger charge is 2.38. The fourth-order valence-electron chi connectivity index (χ4n) is 3.48. The summed E-state index contributed by atoms with van der Waals surface area (Å²) in [6, 6.07) is 7.62. The van der Waals surface area contributed by atoms with E-state index in [1.54, 1.807) is 0 Å². The molecule has 1 atom stereocenters. The van der Waals surface area contributed by atoms with Crippen LogP contribution in [-0.4, -0.2) is 43.1 Å². The third-order valence-electron chi connectivity index (χ3n) is 4.92. The molecule has 2 saturated heterocycles. The first kappa shape index (κ1) is 15.8. The maximum absolute atomic E-state index is 12.6. The highest BCUT2D eigenvalue weighted by molar-refractivity contribution is 9.10. The van der Waals surface area contributed by atoms with E-state index in [0.29, 0.717) is 5.41 Å². The molecule has 0 radical (unpaired) electrons. The van der Waals surface area contributed by atoms with E-state index in [-0.39, 0.29) is 5.91 Å². The first-order valence-electron chi connectivity index (χ1n) is 8.00. The summed E-state index contributed by atoms with van der Waals surface area (Å²) in [6.45, 7) is 5.78. The zero-order valence-electron chi connectivity index (χ0n) is 13.0. The molecule has 2 heterocycles. The number of amides is 1. The van der Waals surface area contributed by atoms with Gasteiger partial charge in [-0.3, -0.25) is 4.79 Å². The number of carbonyl (C=O) groups excluding carboxylic acids is 1. The lowest BCUT2D eigenvalue weighted by atomic mass is 9.78. The van der Waals surface area contributed by atoms with Crippen molar-refractivity contribution in [1.82, 2.24) is 10.2 Å². The SMILES string of the molecule is CC(Oc1cccc(Br)c1)C(=O)N1CCC2(CCNC2)CC1. The molecule has 1 unspecified atom stereocenters. The van der Waals surface area contributed by atoms with Gasteiger partial charge in [0, 0.05) is 24.1 Å². The molecule has 2 aliphatic rings. The average molecular weight is 367 g/mol. The van der Waals surface area contributed by atoms with E-state index in [1.165, 1.54) is 6.42 Å². The molecule has 1 spiro atoms. The lowest BCUT2D eigenvalue weighted by molar-refractivity contribution is -0.140. The lowest BCUT2D eigenvalue weighted by Crippen LogP contribution is -2.48. The van der Waals surface area contributed by atoms with Crippen molar-refractivity contribution >= 4 is 21.8 Å². The summed E-state index contributed by atoms with van der Waals surface area (Å²) in [5, 5.41) is 3.45. The number of likely N-dealkylation sites (tertiary alicyclic amines) is 1. The van der Waals surface area contributed by atoms with Crippen LogP contribution < -0.4 is 10.1 Å². The van der Waals surface area contributed by atoms with Gasteiger partial charge < -0.3 is 15.0 Å². The minimum Gasteiger partial charge on any atom is -0.481 e. The van der Waals surface area contributed by atoms with E-state index in [4.69, 9.17) is 4.74 Å². The number of ether oxygens (including phenoxy) is 1. The Balaban J connectivity index is 1.55. The van der Waals surface area contributed by atoms with Gasteiger partial charge in [-0.25, -0.2) is 0 Å². The number of nitrogens with one attached hydrogen (secondary N) is 1. The highest BCUT2D eigenvalue weighted by atomic mass is 79.9. The molecule has 1 N–H and O–H groups in total.